The molecule has 4 aromatic rings. The molecule has 0 spiro atoms. The van der Waals surface area contributed by atoms with Crippen LogP contribution in [-0.4, -0.2) is 46.5 Å². The number of hydrogen-bond donors (Lipinski definition) is 0. The number of rotatable bonds is 5. The van der Waals surface area contributed by atoms with Gasteiger partial charge in [-0.1, -0.05) is 66.7 Å². The molecule has 7 nitrogen and oxygen atoms in total. The summed E-state index contributed by atoms with van der Waals surface area (Å²) in [6.07, 6.45) is 1.77. The van der Waals surface area contributed by atoms with Crippen LogP contribution in [0.15, 0.2) is 89.9 Å². The minimum atomic E-state index is -0.502. The molecule has 2 aromatic heterocycles. The molecule has 0 saturated carbocycles. The first-order chi connectivity index (χ1) is 18.1. The van der Waals surface area contributed by atoms with Gasteiger partial charge in [0, 0.05) is 37.2 Å². The number of likely N-dealkylation sites (tertiary alicyclic amines) is 1. The number of ether oxygens (including phenoxy) is 1. The molecule has 37 heavy (non-hydrogen) atoms. The fourth-order valence-corrected chi connectivity index (χ4v) is 6.31. The first kappa shape index (κ1) is 23.4. The second-order valence-corrected chi connectivity index (χ2v) is 9.86. The molecule has 0 amide bonds. The Labute approximate surface area is 215 Å². The number of likely N-dealkylation sites (N-methyl/N-ethyl adjacent to an activating group) is 1. The van der Waals surface area contributed by atoms with Gasteiger partial charge in [0.1, 0.15) is 17.5 Å². The van der Waals surface area contributed by atoms with E-state index >= 15 is 0 Å². The van der Waals surface area contributed by atoms with Crippen LogP contribution >= 0.6 is 0 Å². The van der Waals surface area contributed by atoms with Gasteiger partial charge in [-0.05, 0) is 37.2 Å². The Morgan fingerprint density at radius 3 is 2.43 bits per heavy atom. The summed E-state index contributed by atoms with van der Waals surface area (Å²) in [6.45, 7) is 3.44. The Hall–Kier alpha value is -3.97. The monoisotopic (exact) mass is 494 g/mol. The number of hydrogen-bond acceptors (Lipinski definition) is 6. The minimum absolute atomic E-state index is 0.00530. The summed E-state index contributed by atoms with van der Waals surface area (Å²) in [6, 6.07) is 25.2. The van der Waals surface area contributed by atoms with Crippen molar-refractivity contribution in [1.29, 1.82) is 0 Å². The van der Waals surface area contributed by atoms with Gasteiger partial charge in [-0.3, -0.25) is 18.9 Å². The first-order valence-electron chi connectivity index (χ1n) is 12.8. The maximum atomic E-state index is 14.1. The molecular formula is C30H30N4O3. The molecule has 4 heterocycles. The summed E-state index contributed by atoms with van der Waals surface area (Å²) in [7, 11) is 1.94. The maximum absolute atomic E-state index is 14.1. The molecule has 2 aromatic carbocycles. The van der Waals surface area contributed by atoms with E-state index in [-0.39, 0.29) is 29.4 Å². The number of carbonyl (C=O) groups is 1. The number of esters is 1. The number of aromatic nitrogens is 2. The van der Waals surface area contributed by atoms with E-state index in [0.29, 0.717) is 36.7 Å². The van der Waals surface area contributed by atoms with Crippen molar-refractivity contribution in [2.45, 2.75) is 31.5 Å². The SMILES string of the molecule is CCOC(=O)[C@H]1[C@H](c2ccccc2)[C@H]2CN(Cc3ccccc3)c3nc4ccccn4c(=O)c3[C@H]2N1C. The van der Waals surface area contributed by atoms with Crippen LogP contribution in [0.25, 0.3) is 5.65 Å². The maximum Gasteiger partial charge on any atom is 0.324 e. The lowest BCUT2D eigenvalue weighted by molar-refractivity contribution is -0.148. The van der Waals surface area contributed by atoms with Crippen LogP contribution in [0.5, 0.6) is 0 Å². The summed E-state index contributed by atoms with van der Waals surface area (Å²) in [4.78, 5) is 36.7. The van der Waals surface area contributed by atoms with Crippen molar-refractivity contribution < 1.29 is 9.53 Å². The van der Waals surface area contributed by atoms with Gasteiger partial charge >= 0.3 is 5.97 Å². The first-order valence-corrected chi connectivity index (χ1v) is 12.8. The lowest BCUT2D eigenvalue weighted by atomic mass is 9.78. The Morgan fingerprint density at radius 2 is 1.70 bits per heavy atom. The second kappa shape index (κ2) is 9.48. The molecule has 4 atom stereocenters. The molecule has 1 fully saturated rings. The van der Waals surface area contributed by atoms with Crippen LogP contribution in [0.4, 0.5) is 5.82 Å². The number of carbonyl (C=O) groups excluding carboxylic acids is 1. The van der Waals surface area contributed by atoms with E-state index in [1.54, 1.807) is 10.6 Å². The van der Waals surface area contributed by atoms with Crippen LogP contribution in [0, 0.1) is 5.92 Å². The summed E-state index contributed by atoms with van der Waals surface area (Å²) < 4.78 is 7.19. The quantitative estimate of drug-likeness (QED) is 0.390. The highest BCUT2D eigenvalue weighted by Crippen LogP contribution is 2.53. The molecule has 6 rings (SSSR count). The van der Waals surface area contributed by atoms with Crippen molar-refractivity contribution in [2.24, 2.45) is 5.92 Å². The van der Waals surface area contributed by atoms with Crippen molar-refractivity contribution in [1.82, 2.24) is 14.3 Å². The minimum Gasteiger partial charge on any atom is -0.465 e. The molecule has 0 unspecified atom stereocenters. The molecule has 2 aliphatic rings. The summed E-state index contributed by atoms with van der Waals surface area (Å²) in [5.41, 5.74) is 3.40. The predicted molar refractivity (Wildman–Crippen MR) is 143 cm³/mol. The van der Waals surface area contributed by atoms with Crippen molar-refractivity contribution in [3.8, 4) is 0 Å². The fourth-order valence-electron chi connectivity index (χ4n) is 6.31. The Bertz CT molecular complexity index is 1490. The summed E-state index contributed by atoms with van der Waals surface area (Å²) in [5, 5.41) is 0. The van der Waals surface area contributed by atoms with Gasteiger partial charge in [-0.2, -0.15) is 0 Å². The van der Waals surface area contributed by atoms with Crippen molar-refractivity contribution >= 4 is 17.4 Å². The second-order valence-electron chi connectivity index (χ2n) is 9.86. The van der Waals surface area contributed by atoms with Crippen molar-refractivity contribution in [3.63, 3.8) is 0 Å². The van der Waals surface area contributed by atoms with Crippen molar-refractivity contribution in [3.05, 3.63) is 112 Å². The largest absolute Gasteiger partial charge is 0.465 e. The summed E-state index contributed by atoms with van der Waals surface area (Å²) >= 11 is 0. The molecule has 0 bridgehead atoms. The van der Waals surface area contributed by atoms with Crippen LogP contribution < -0.4 is 10.5 Å². The highest BCUT2D eigenvalue weighted by atomic mass is 16.5. The van der Waals surface area contributed by atoms with E-state index in [1.807, 2.05) is 68.6 Å². The zero-order valence-corrected chi connectivity index (χ0v) is 21.0. The highest BCUT2D eigenvalue weighted by molar-refractivity contribution is 5.78. The third kappa shape index (κ3) is 3.90. The smallest absolute Gasteiger partial charge is 0.324 e. The van der Waals surface area contributed by atoms with Gasteiger partial charge < -0.3 is 9.64 Å². The zero-order valence-electron chi connectivity index (χ0n) is 21.0. The van der Waals surface area contributed by atoms with E-state index in [1.165, 1.54) is 0 Å². The lowest BCUT2D eigenvalue weighted by Gasteiger charge is -2.39. The number of pyridine rings is 1. The Kier molecular flexibility index (Phi) is 6.00. The van der Waals surface area contributed by atoms with Crippen LogP contribution in [0.2, 0.25) is 0 Å². The lowest BCUT2D eigenvalue weighted by Crippen LogP contribution is -2.44. The fraction of sp³-hybridized carbons (Fsp3) is 0.300. The number of nitrogens with zero attached hydrogens (tertiary/aromatic N) is 4. The molecule has 1 saturated heterocycles. The average Bonchev–Trinajstić information content (AvgIpc) is 3.22. The van der Waals surface area contributed by atoms with E-state index in [2.05, 4.69) is 34.1 Å². The molecule has 0 radical (unpaired) electrons. The van der Waals surface area contributed by atoms with E-state index in [9.17, 15) is 9.59 Å². The highest BCUT2D eigenvalue weighted by Gasteiger charge is 2.56. The normalized spacial score (nSPS) is 23.0. The van der Waals surface area contributed by atoms with Gasteiger partial charge in [0.25, 0.3) is 5.56 Å². The van der Waals surface area contributed by atoms with Gasteiger partial charge in [-0.25, -0.2) is 4.98 Å². The van der Waals surface area contributed by atoms with E-state index in [0.717, 1.165) is 11.1 Å². The van der Waals surface area contributed by atoms with Crippen LogP contribution in [0.1, 0.15) is 35.6 Å². The van der Waals surface area contributed by atoms with E-state index < -0.39 is 6.04 Å². The van der Waals surface area contributed by atoms with Crippen LogP contribution in [0.3, 0.4) is 0 Å². The summed E-state index contributed by atoms with van der Waals surface area (Å²) in [5.74, 6) is 0.314. The third-order valence-electron chi connectivity index (χ3n) is 7.79. The predicted octanol–water partition coefficient (Wildman–Crippen LogP) is 4.03. The zero-order chi connectivity index (χ0) is 25.5. The molecule has 0 N–H and O–H groups in total. The van der Waals surface area contributed by atoms with Gasteiger partial charge in [0.05, 0.1) is 12.2 Å². The van der Waals surface area contributed by atoms with E-state index in [4.69, 9.17) is 9.72 Å². The Morgan fingerprint density at radius 1 is 1.00 bits per heavy atom. The molecule has 7 heteroatoms. The molecule has 0 aliphatic carbocycles. The molecule has 188 valence electrons. The molecule has 2 aliphatic heterocycles. The topological polar surface area (TPSA) is 67.2 Å². The molecular weight excluding hydrogens is 464 g/mol. The van der Waals surface area contributed by atoms with Crippen LogP contribution in [-0.2, 0) is 16.1 Å². The third-order valence-corrected chi connectivity index (χ3v) is 7.79. The van der Waals surface area contributed by atoms with Gasteiger partial charge in [-0.15, -0.1) is 0 Å². The Balaban J connectivity index is 1.56. The average molecular weight is 495 g/mol. The standard InChI is InChI=1S/C30H30N4O3/c1-3-37-30(36)27-24(21-14-8-5-9-15-21)22-19-33(18-20-12-6-4-7-13-20)28-25(26(22)32(27)2)29(35)34-17-11-10-16-23(34)31-28/h4-17,22,24,26-27H,3,18-19H2,1-2H3/t22-,24-,26+,27-/m1/s1. The van der Waals surface area contributed by atoms with Gasteiger partial charge in [0.2, 0.25) is 0 Å². The van der Waals surface area contributed by atoms with Gasteiger partial charge in [0.15, 0.2) is 0 Å². The number of fused-ring (bicyclic) bond motifs is 4. The van der Waals surface area contributed by atoms with Crippen molar-refractivity contribution in [2.75, 3.05) is 25.1 Å². The number of anilines is 1. The number of benzene rings is 2.